The molecule has 1 saturated carbocycles. The van der Waals surface area contributed by atoms with Crippen molar-refractivity contribution in [2.45, 2.75) is 51.1 Å². The minimum Gasteiger partial charge on any atom is -0.478 e. The summed E-state index contributed by atoms with van der Waals surface area (Å²) in [5, 5.41) is 17.7. The number of benzene rings is 1. The number of allylic oxidation sites excluding steroid dienone is 1. The number of hydrogen-bond acceptors (Lipinski definition) is 7. The van der Waals surface area contributed by atoms with Crippen LogP contribution in [0, 0.1) is 5.92 Å². The van der Waals surface area contributed by atoms with Crippen molar-refractivity contribution >= 4 is 55.9 Å². The van der Waals surface area contributed by atoms with Crippen molar-refractivity contribution in [2.24, 2.45) is 10.9 Å². The first-order valence-corrected chi connectivity index (χ1v) is 13.0. The standard InChI is InChI=1S/C24H28ClN5O3S/c1-2-14-10-18(27-21(14)25)22(31)28-16-8-9-30(12-19(16)26-11-13-6-7-13)24-29-17-5-3-4-15(23(32)33)20(17)34-24/h3-5,13,16,19,26H,2,6-12H2,1H3,(H,28,31)(H,32,33)/t16-,19+/m1/s1. The van der Waals surface area contributed by atoms with Gasteiger partial charge in [-0.15, -0.1) is 0 Å². The normalized spacial score (nSPS) is 22.9. The average Bonchev–Trinajstić information content (AvgIpc) is 3.42. The van der Waals surface area contributed by atoms with Gasteiger partial charge in [0, 0.05) is 31.6 Å². The first kappa shape index (κ1) is 23.3. The number of aromatic nitrogens is 1. The van der Waals surface area contributed by atoms with Crippen molar-refractivity contribution in [3.8, 4) is 0 Å². The van der Waals surface area contributed by atoms with E-state index in [0.29, 0.717) is 40.0 Å². The highest BCUT2D eigenvalue weighted by molar-refractivity contribution is 7.22. The van der Waals surface area contributed by atoms with E-state index >= 15 is 0 Å². The number of carboxylic acids is 1. The van der Waals surface area contributed by atoms with E-state index in [2.05, 4.69) is 20.5 Å². The van der Waals surface area contributed by atoms with Crippen LogP contribution in [0.5, 0.6) is 0 Å². The largest absolute Gasteiger partial charge is 0.478 e. The average molecular weight is 502 g/mol. The maximum atomic E-state index is 13.0. The Hall–Kier alpha value is -2.49. The molecule has 1 aliphatic carbocycles. The molecule has 0 unspecified atom stereocenters. The molecule has 1 aromatic heterocycles. The van der Waals surface area contributed by atoms with Gasteiger partial charge in [0.05, 0.1) is 15.8 Å². The quantitative estimate of drug-likeness (QED) is 0.475. The molecular weight excluding hydrogens is 474 g/mol. The predicted molar refractivity (Wildman–Crippen MR) is 135 cm³/mol. The molecule has 1 aromatic carbocycles. The number of aliphatic imine (C=N–C) groups is 1. The highest BCUT2D eigenvalue weighted by atomic mass is 35.5. The lowest BCUT2D eigenvalue weighted by Gasteiger charge is -2.39. The molecule has 3 aliphatic rings. The van der Waals surface area contributed by atoms with E-state index in [1.807, 2.05) is 13.0 Å². The molecule has 1 amide bonds. The number of halogens is 1. The second kappa shape index (κ2) is 9.64. The number of carbonyl (C=O) groups excluding carboxylic acids is 1. The molecule has 10 heteroatoms. The van der Waals surface area contributed by atoms with Gasteiger partial charge in [0.2, 0.25) is 0 Å². The number of nitrogens with one attached hydrogen (secondary N) is 2. The van der Waals surface area contributed by atoms with Gasteiger partial charge in [-0.2, -0.15) is 0 Å². The van der Waals surface area contributed by atoms with Gasteiger partial charge in [0.25, 0.3) is 5.91 Å². The van der Waals surface area contributed by atoms with Crippen LogP contribution in [0.2, 0.25) is 0 Å². The van der Waals surface area contributed by atoms with Crippen LogP contribution in [0.3, 0.4) is 0 Å². The fraction of sp³-hybridized carbons (Fsp3) is 0.500. The Bertz CT molecular complexity index is 1190. The van der Waals surface area contributed by atoms with Gasteiger partial charge in [-0.25, -0.2) is 14.8 Å². The van der Waals surface area contributed by atoms with Crippen LogP contribution in [0.4, 0.5) is 5.13 Å². The van der Waals surface area contributed by atoms with Crippen LogP contribution in [0.25, 0.3) is 10.2 Å². The smallest absolute Gasteiger partial charge is 0.337 e. The van der Waals surface area contributed by atoms with Crippen LogP contribution in [-0.2, 0) is 4.79 Å². The number of carbonyl (C=O) groups is 2. The summed E-state index contributed by atoms with van der Waals surface area (Å²) in [6, 6.07) is 5.22. The van der Waals surface area contributed by atoms with E-state index in [0.717, 1.165) is 36.6 Å². The highest BCUT2D eigenvalue weighted by Gasteiger charge is 2.34. The molecule has 2 fully saturated rings. The summed E-state index contributed by atoms with van der Waals surface area (Å²) in [5.41, 5.74) is 2.47. The fourth-order valence-corrected chi connectivity index (χ4v) is 5.96. The molecule has 2 atom stereocenters. The Morgan fingerprint density at radius 1 is 1.26 bits per heavy atom. The first-order chi connectivity index (χ1) is 16.4. The van der Waals surface area contributed by atoms with Gasteiger partial charge in [-0.3, -0.25) is 4.79 Å². The van der Waals surface area contributed by atoms with Crippen molar-refractivity contribution in [3.05, 3.63) is 34.5 Å². The zero-order valence-corrected chi connectivity index (χ0v) is 20.6. The monoisotopic (exact) mass is 501 g/mol. The lowest BCUT2D eigenvalue weighted by molar-refractivity contribution is -0.115. The van der Waals surface area contributed by atoms with Gasteiger partial charge < -0.3 is 20.6 Å². The molecule has 0 bridgehead atoms. The second-order valence-corrected chi connectivity index (χ2v) is 10.5. The van der Waals surface area contributed by atoms with Gasteiger partial charge in [-0.05, 0) is 55.9 Å². The summed E-state index contributed by atoms with van der Waals surface area (Å²) < 4.78 is 0.693. The Morgan fingerprint density at radius 3 is 2.79 bits per heavy atom. The Kier molecular flexibility index (Phi) is 6.59. The lowest BCUT2D eigenvalue weighted by atomic mass is 9.98. The third-order valence-electron chi connectivity index (χ3n) is 6.79. The summed E-state index contributed by atoms with van der Waals surface area (Å²) >= 11 is 7.60. The molecule has 2 aromatic rings. The van der Waals surface area contributed by atoms with Crippen LogP contribution in [-0.4, -0.2) is 59.4 Å². The Labute approximate surface area is 207 Å². The minimum atomic E-state index is -0.943. The van der Waals surface area contributed by atoms with Crippen LogP contribution in [0.15, 0.2) is 33.9 Å². The SMILES string of the molecule is CCC1=C(Cl)N=C(C(=O)N[C@@H]2CCN(c3nc4cccc(C(=O)O)c4s3)C[C@@H]2NCC2CC2)C1. The molecule has 0 spiro atoms. The Morgan fingerprint density at radius 2 is 2.09 bits per heavy atom. The summed E-state index contributed by atoms with van der Waals surface area (Å²) in [7, 11) is 0. The van der Waals surface area contributed by atoms with E-state index in [4.69, 9.17) is 16.6 Å². The van der Waals surface area contributed by atoms with Crippen LogP contribution in [0.1, 0.15) is 49.4 Å². The molecule has 3 heterocycles. The van der Waals surface area contributed by atoms with Gasteiger partial charge in [0.15, 0.2) is 5.13 Å². The minimum absolute atomic E-state index is 0.0291. The number of aromatic carboxylic acids is 1. The van der Waals surface area contributed by atoms with Gasteiger partial charge in [-0.1, -0.05) is 35.9 Å². The number of rotatable bonds is 8. The number of hydrogen-bond donors (Lipinski definition) is 3. The zero-order chi connectivity index (χ0) is 23.8. The third kappa shape index (κ3) is 4.82. The van der Waals surface area contributed by atoms with Gasteiger partial charge in [0.1, 0.15) is 10.9 Å². The van der Waals surface area contributed by atoms with Crippen molar-refractivity contribution in [1.29, 1.82) is 0 Å². The van der Waals surface area contributed by atoms with E-state index in [1.165, 1.54) is 24.2 Å². The Balaban J connectivity index is 1.31. The van der Waals surface area contributed by atoms with Crippen LogP contribution < -0.4 is 15.5 Å². The molecule has 8 nitrogen and oxygen atoms in total. The number of fused-ring (bicyclic) bond motifs is 1. The summed E-state index contributed by atoms with van der Waals surface area (Å²) in [4.78, 5) is 35.8. The zero-order valence-electron chi connectivity index (χ0n) is 19.0. The highest BCUT2D eigenvalue weighted by Crippen LogP contribution is 2.33. The summed E-state index contributed by atoms with van der Waals surface area (Å²) in [6.07, 6.45) is 4.55. The van der Waals surface area contributed by atoms with Gasteiger partial charge >= 0.3 is 5.97 Å². The maximum Gasteiger partial charge on any atom is 0.337 e. The number of amides is 1. The van der Waals surface area contributed by atoms with E-state index in [1.54, 1.807) is 12.1 Å². The van der Waals surface area contributed by atoms with E-state index in [9.17, 15) is 14.7 Å². The number of nitrogens with zero attached hydrogens (tertiary/aromatic N) is 3. The molecule has 0 radical (unpaired) electrons. The molecule has 34 heavy (non-hydrogen) atoms. The van der Waals surface area contributed by atoms with E-state index in [-0.39, 0.29) is 23.6 Å². The predicted octanol–water partition coefficient (Wildman–Crippen LogP) is 3.76. The summed E-state index contributed by atoms with van der Waals surface area (Å²) in [6.45, 7) is 4.36. The molecule has 1 saturated heterocycles. The topological polar surface area (TPSA) is 107 Å². The third-order valence-corrected chi connectivity index (χ3v) is 8.31. The molecule has 5 rings (SSSR count). The van der Waals surface area contributed by atoms with Crippen molar-refractivity contribution in [3.63, 3.8) is 0 Å². The summed E-state index contributed by atoms with van der Waals surface area (Å²) in [5.74, 6) is -0.382. The lowest BCUT2D eigenvalue weighted by Crippen LogP contribution is -2.60. The number of piperidine rings is 1. The second-order valence-electron chi connectivity index (χ2n) is 9.21. The fourth-order valence-electron chi connectivity index (χ4n) is 4.55. The number of thiazole rings is 1. The molecule has 3 N–H and O–H groups in total. The van der Waals surface area contributed by atoms with Crippen LogP contribution >= 0.6 is 22.9 Å². The van der Waals surface area contributed by atoms with Crippen molar-refractivity contribution < 1.29 is 14.7 Å². The number of anilines is 1. The first-order valence-electron chi connectivity index (χ1n) is 11.8. The molecule has 2 aliphatic heterocycles. The number of carboxylic acid groups (broad SMARTS) is 1. The van der Waals surface area contributed by atoms with Crippen molar-refractivity contribution in [1.82, 2.24) is 15.6 Å². The maximum absolute atomic E-state index is 13.0. The van der Waals surface area contributed by atoms with E-state index < -0.39 is 5.97 Å². The molecule has 180 valence electrons. The molecular formula is C24H28ClN5O3S. The van der Waals surface area contributed by atoms with Crippen molar-refractivity contribution in [2.75, 3.05) is 24.5 Å².